The monoisotopic (exact) mass is 354 g/mol. The summed E-state index contributed by atoms with van der Waals surface area (Å²) in [4.78, 5) is 35.7. The Balaban J connectivity index is 2.04. The van der Waals surface area contributed by atoms with Crippen LogP contribution in [0.25, 0.3) is 0 Å². The third kappa shape index (κ3) is 4.92. The summed E-state index contributed by atoms with van der Waals surface area (Å²) in [5.41, 5.74) is 3.32. The first-order chi connectivity index (χ1) is 12.3. The van der Waals surface area contributed by atoms with Gasteiger partial charge in [0.1, 0.15) is 0 Å². The van der Waals surface area contributed by atoms with Crippen molar-refractivity contribution >= 4 is 29.2 Å². The maximum absolute atomic E-state index is 12.4. The molecule has 2 rings (SSSR count). The van der Waals surface area contributed by atoms with Gasteiger partial charge < -0.3 is 15.4 Å². The van der Waals surface area contributed by atoms with Crippen molar-refractivity contribution < 1.29 is 19.1 Å². The van der Waals surface area contributed by atoms with E-state index in [0.717, 1.165) is 11.1 Å². The summed E-state index contributed by atoms with van der Waals surface area (Å²) >= 11 is 0. The molecule has 0 heterocycles. The predicted molar refractivity (Wildman–Crippen MR) is 100 cm³/mol. The number of para-hydroxylation sites is 1. The van der Waals surface area contributed by atoms with Gasteiger partial charge in [-0.15, -0.1) is 0 Å². The van der Waals surface area contributed by atoms with Gasteiger partial charge in [-0.3, -0.25) is 9.59 Å². The minimum absolute atomic E-state index is 0.239. The van der Waals surface area contributed by atoms with Crippen molar-refractivity contribution in [2.45, 2.75) is 33.8 Å². The van der Waals surface area contributed by atoms with Crippen molar-refractivity contribution in [2.75, 3.05) is 10.6 Å². The molecule has 136 valence electrons. The molecule has 0 fully saturated rings. The summed E-state index contributed by atoms with van der Waals surface area (Å²) in [6, 6.07) is 12.0. The van der Waals surface area contributed by atoms with Crippen LogP contribution >= 0.6 is 0 Å². The van der Waals surface area contributed by atoms with Crippen molar-refractivity contribution in [2.24, 2.45) is 0 Å². The highest BCUT2D eigenvalue weighted by Gasteiger charge is 2.20. The van der Waals surface area contributed by atoms with Crippen molar-refractivity contribution in [3.63, 3.8) is 0 Å². The normalized spacial score (nSPS) is 11.4. The first-order valence-corrected chi connectivity index (χ1v) is 8.23. The highest BCUT2D eigenvalue weighted by molar-refractivity contribution is 5.99. The Labute approximate surface area is 152 Å². The topological polar surface area (TPSA) is 84.5 Å². The van der Waals surface area contributed by atoms with Crippen LogP contribution in [-0.4, -0.2) is 23.9 Å². The van der Waals surface area contributed by atoms with Crippen molar-refractivity contribution in [1.82, 2.24) is 0 Å². The molecular formula is C20H22N2O4. The molecular weight excluding hydrogens is 332 g/mol. The van der Waals surface area contributed by atoms with Crippen molar-refractivity contribution in [3.8, 4) is 0 Å². The third-order valence-electron chi connectivity index (χ3n) is 3.80. The van der Waals surface area contributed by atoms with Crippen LogP contribution < -0.4 is 10.6 Å². The average Bonchev–Trinajstić information content (AvgIpc) is 2.57. The van der Waals surface area contributed by atoms with Crippen LogP contribution in [0.15, 0.2) is 42.5 Å². The number of hydrogen-bond acceptors (Lipinski definition) is 4. The zero-order valence-corrected chi connectivity index (χ0v) is 15.3. The van der Waals surface area contributed by atoms with Crippen LogP contribution in [0.4, 0.5) is 11.4 Å². The van der Waals surface area contributed by atoms with Crippen molar-refractivity contribution in [1.29, 1.82) is 0 Å². The van der Waals surface area contributed by atoms with Gasteiger partial charge >= 0.3 is 5.97 Å². The molecule has 2 amide bonds. The predicted octanol–water partition coefficient (Wildman–Crippen LogP) is 3.45. The fourth-order valence-corrected chi connectivity index (χ4v) is 2.45. The number of anilines is 2. The van der Waals surface area contributed by atoms with E-state index in [2.05, 4.69) is 10.6 Å². The molecule has 0 unspecified atom stereocenters. The second-order valence-electron chi connectivity index (χ2n) is 6.07. The van der Waals surface area contributed by atoms with Gasteiger partial charge in [0.2, 0.25) is 5.91 Å². The van der Waals surface area contributed by atoms with Crippen LogP contribution in [0.2, 0.25) is 0 Å². The average molecular weight is 354 g/mol. The molecule has 1 atom stereocenters. The van der Waals surface area contributed by atoms with Gasteiger partial charge in [-0.05, 0) is 50.1 Å². The number of rotatable bonds is 5. The fraction of sp³-hybridized carbons (Fsp3) is 0.250. The van der Waals surface area contributed by atoms with E-state index in [1.54, 1.807) is 18.2 Å². The van der Waals surface area contributed by atoms with Crippen LogP contribution in [0.1, 0.15) is 35.3 Å². The van der Waals surface area contributed by atoms with Crippen LogP contribution in [0, 0.1) is 13.8 Å². The Kier molecular flexibility index (Phi) is 6.11. The largest absolute Gasteiger partial charge is 0.449 e. The SMILES string of the molecule is CC(=O)Nc1cccc(C(=O)O[C@H](C)C(=O)Nc2c(C)cccc2C)c1. The lowest BCUT2D eigenvalue weighted by Gasteiger charge is -2.16. The van der Waals surface area contributed by atoms with E-state index in [1.165, 1.54) is 19.9 Å². The van der Waals surface area contributed by atoms with Gasteiger partial charge in [-0.2, -0.15) is 0 Å². The second-order valence-corrected chi connectivity index (χ2v) is 6.07. The molecule has 0 radical (unpaired) electrons. The lowest BCUT2D eigenvalue weighted by molar-refractivity contribution is -0.123. The Bertz CT molecular complexity index is 825. The number of benzene rings is 2. The number of nitrogens with one attached hydrogen (secondary N) is 2. The van der Waals surface area contributed by atoms with Gasteiger partial charge in [0.15, 0.2) is 6.10 Å². The van der Waals surface area contributed by atoms with Crippen molar-refractivity contribution in [3.05, 3.63) is 59.2 Å². The lowest BCUT2D eigenvalue weighted by atomic mass is 10.1. The van der Waals surface area contributed by atoms with E-state index in [4.69, 9.17) is 4.74 Å². The Morgan fingerprint density at radius 3 is 2.19 bits per heavy atom. The maximum atomic E-state index is 12.4. The molecule has 6 heteroatoms. The van der Waals surface area contributed by atoms with Gasteiger partial charge in [-0.1, -0.05) is 24.3 Å². The molecule has 0 saturated heterocycles. The molecule has 2 aromatic carbocycles. The van der Waals surface area contributed by atoms with Crippen LogP contribution in [-0.2, 0) is 14.3 Å². The number of carbonyl (C=O) groups excluding carboxylic acids is 3. The molecule has 0 saturated carbocycles. The number of aryl methyl sites for hydroxylation is 2. The minimum atomic E-state index is -0.967. The molecule has 6 nitrogen and oxygen atoms in total. The highest BCUT2D eigenvalue weighted by Crippen LogP contribution is 2.20. The first kappa shape index (κ1) is 19.2. The van der Waals surface area contributed by atoms with E-state index in [9.17, 15) is 14.4 Å². The summed E-state index contributed by atoms with van der Waals surface area (Å²) in [7, 11) is 0. The van der Waals surface area contributed by atoms with E-state index in [-0.39, 0.29) is 11.5 Å². The quantitative estimate of drug-likeness (QED) is 0.806. The van der Waals surface area contributed by atoms with Gasteiger partial charge in [0, 0.05) is 18.3 Å². The molecule has 2 N–H and O–H groups in total. The highest BCUT2D eigenvalue weighted by atomic mass is 16.5. The Hall–Kier alpha value is -3.15. The molecule has 0 bridgehead atoms. The first-order valence-electron chi connectivity index (χ1n) is 8.23. The van der Waals surface area contributed by atoms with E-state index in [1.807, 2.05) is 32.0 Å². The fourth-order valence-electron chi connectivity index (χ4n) is 2.45. The Morgan fingerprint density at radius 2 is 1.58 bits per heavy atom. The standard InChI is InChI=1S/C20H22N2O4/c1-12-7-5-8-13(2)18(12)22-19(24)14(3)26-20(25)16-9-6-10-17(11-16)21-15(4)23/h5-11,14H,1-4H3,(H,21,23)(H,22,24)/t14-/m1/s1. The molecule has 0 aliphatic heterocycles. The van der Waals surface area contributed by atoms with Gasteiger partial charge in [0.25, 0.3) is 5.91 Å². The second kappa shape index (κ2) is 8.29. The molecule has 0 aliphatic rings. The minimum Gasteiger partial charge on any atom is -0.449 e. The number of carbonyl (C=O) groups is 3. The number of hydrogen-bond donors (Lipinski definition) is 2. The smallest absolute Gasteiger partial charge is 0.338 e. The molecule has 0 aliphatic carbocycles. The van der Waals surface area contributed by atoms with E-state index in [0.29, 0.717) is 11.4 Å². The van der Waals surface area contributed by atoms with Gasteiger partial charge in [0.05, 0.1) is 5.56 Å². The summed E-state index contributed by atoms with van der Waals surface area (Å²) in [6.07, 6.45) is -0.967. The van der Waals surface area contributed by atoms with Crippen LogP contribution in [0.5, 0.6) is 0 Å². The maximum Gasteiger partial charge on any atom is 0.338 e. The number of amides is 2. The third-order valence-corrected chi connectivity index (χ3v) is 3.80. The van der Waals surface area contributed by atoms with E-state index >= 15 is 0 Å². The molecule has 2 aromatic rings. The number of esters is 1. The Morgan fingerprint density at radius 1 is 0.962 bits per heavy atom. The summed E-state index contributed by atoms with van der Waals surface area (Å²) in [6.45, 7) is 6.68. The summed E-state index contributed by atoms with van der Waals surface area (Å²) < 4.78 is 5.25. The van der Waals surface area contributed by atoms with E-state index < -0.39 is 18.0 Å². The lowest BCUT2D eigenvalue weighted by Crippen LogP contribution is -2.30. The zero-order chi connectivity index (χ0) is 19.3. The van der Waals surface area contributed by atoms with Crippen LogP contribution in [0.3, 0.4) is 0 Å². The molecule has 0 aromatic heterocycles. The summed E-state index contributed by atoms with van der Waals surface area (Å²) in [5.74, 6) is -1.29. The molecule has 0 spiro atoms. The number of ether oxygens (including phenoxy) is 1. The summed E-state index contributed by atoms with van der Waals surface area (Å²) in [5, 5.41) is 5.39. The molecule has 26 heavy (non-hydrogen) atoms. The zero-order valence-electron chi connectivity index (χ0n) is 15.3. The van der Waals surface area contributed by atoms with Gasteiger partial charge in [-0.25, -0.2) is 4.79 Å².